The maximum atomic E-state index is 10.8. The highest BCUT2D eigenvalue weighted by Crippen LogP contribution is 1.85. The molecule has 2 N–H and O–H groups in total. The Morgan fingerprint density at radius 1 is 1.42 bits per heavy atom. The molecule has 0 aromatic rings. The molecule has 0 saturated heterocycles. The minimum absolute atomic E-state index is 0.292. The van der Waals surface area contributed by atoms with Crippen molar-refractivity contribution in [2.45, 2.75) is 26.3 Å². The molecule has 1 atom stereocenters. The number of hydrogen-bond acceptors (Lipinski definition) is 4. The van der Waals surface area contributed by atoms with Gasteiger partial charge in [0.05, 0.1) is 6.61 Å². The van der Waals surface area contributed by atoms with E-state index in [1.54, 1.807) is 6.92 Å². The lowest BCUT2D eigenvalue weighted by atomic mass is 10.4. The topological polar surface area (TPSA) is 61.5 Å². The van der Waals surface area contributed by atoms with Crippen LogP contribution in [0.25, 0.3) is 0 Å². The molecule has 0 saturated carbocycles. The van der Waals surface area contributed by atoms with E-state index in [0.717, 1.165) is 6.42 Å². The average Bonchev–Trinajstić information content (AvgIpc) is 2.03. The molecule has 0 bridgehead atoms. The van der Waals surface area contributed by atoms with Crippen molar-refractivity contribution in [3.05, 3.63) is 0 Å². The Morgan fingerprint density at radius 3 is 2.58 bits per heavy atom. The summed E-state index contributed by atoms with van der Waals surface area (Å²) in [6.45, 7) is 5.06. The molecular formula is C8H17NO3. The molecule has 0 radical (unpaired) electrons. The highest BCUT2D eigenvalue weighted by Gasteiger charge is 2.07. The lowest BCUT2D eigenvalue weighted by Gasteiger charge is -2.06. The summed E-state index contributed by atoms with van der Waals surface area (Å²) in [7, 11) is 0. The van der Waals surface area contributed by atoms with Crippen LogP contribution >= 0.6 is 0 Å². The molecule has 0 aromatic heterocycles. The Balaban J connectivity index is 3.14. The van der Waals surface area contributed by atoms with Crippen LogP contribution in [0.15, 0.2) is 0 Å². The SMILES string of the molecule is CCCOCCOC(=O)[C@H](C)N. The molecule has 72 valence electrons. The van der Waals surface area contributed by atoms with Gasteiger partial charge < -0.3 is 15.2 Å². The Bertz CT molecular complexity index is 125. The van der Waals surface area contributed by atoms with E-state index in [9.17, 15) is 4.79 Å². The zero-order valence-electron chi connectivity index (χ0n) is 7.71. The fraction of sp³-hybridized carbons (Fsp3) is 0.875. The molecule has 0 heterocycles. The Kier molecular flexibility index (Phi) is 6.70. The van der Waals surface area contributed by atoms with Gasteiger partial charge in [-0.1, -0.05) is 6.92 Å². The van der Waals surface area contributed by atoms with Gasteiger partial charge in [-0.05, 0) is 13.3 Å². The lowest BCUT2D eigenvalue weighted by molar-refractivity contribution is -0.146. The number of ether oxygens (including phenoxy) is 2. The van der Waals surface area contributed by atoms with Crippen molar-refractivity contribution in [1.82, 2.24) is 0 Å². The predicted octanol–water partition coefficient (Wildman–Crippen LogP) is 0.303. The van der Waals surface area contributed by atoms with E-state index in [0.29, 0.717) is 19.8 Å². The van der Waals surface area contributed by atoms with Crippen molar-refractivity contribution in [3.63, 3.8) is 0 Å². The van der Waals surface area contributed by atoms with E-state index >= 15 is 0 Å². The summed E-state index contributed by atoms with van der Waals surface area (Å²) < 4.78 is 9.86. The van der Waals surface area contributed by atoms with E-state index in [4.69, 9.17) is 15.2 Å². The Hall–Kier alpha value is -0.610. The summed E-state index contributed by atoms with van der Waals surface area (Å²) in [5.41, 5.74) is 5.26. The van der Waals surface area contributed by atoms with Crippen LogP contribution in [0.2, 0.25) is 0 Å². The maximum absolute atomic E-state index is 10.8. The third-order valence-corrected chi connectivity index (χ3v) is 1.19. The van der Waals surface area contributed by atoms with Gasteiger partial charge in [-0.15, -0.1) is 0 Å². The number of carbonyl (C=O) groups is 1. The number of esters is 1. The molecule has 0 spiro atoms. The second kappa shape index (κ2) is 7.06. The van der Waals surface area contributed by atoms with Gasteiger partial charge in [-0.2, -0.15) is 0 Å². The van der Waals surface area contributed by atoms with Crippen molar-refractivity contribution in [2.24, 2.45) is 5.73 Å². The first-order valence-corrected chi connectivity index (χ1v) is 4.18. The summed E-state index contributed by atoms with van der Waals surface area (Å²) in [5, 5.41) is 0. The van der Waals surface area contributed by atoms with Crippen LogP contribution in [0.4, 0.5) is 0 Å². The van der Waals surface area contributed by atoms with Gasteiger partial charge in [0.1, 0.15) is 12.6 Å². The minimum Gasteiger partial charge on any atom is -0.462 e. The average molecular weight is 175 g/mol. The molecule has 0 fully saturated rings. The highest BCUT2D eigenvalue weighted by molar-refractivity contribution is 5.74. The van der Waals surface area contributed by atoms with Crippen molar-refractivity contribution >= 4 is 5.97 Å². The van der Waals surface area contributed by atoms with Crippen molar-refractivity contribution in [1.29, 1.82) is 0 Å². The second-order valence-corrected chi connectivity index (χ2v) is 2.57. The first-order valence-electron chi connectivity index (χ1n) is 4.18. The number of hydrogen-bond donors (Lipinski definition) is 1. The molecule has 0 aliphatic heterocycles. The zero-order chi connectivity index (χ0) is 9.40. The van der Waals surface area contributed by atoms with Crippen LogP contribution in [-0.4, -0.2) is 31.8 Å². The summed E-state index contributed by atoms with van der Waals surface area (Å²) in [5.74, 6) is -0.380. The van der Waals surface area contributed by atoms with Gasteiger partial charge in [-0.3, -0.25) is 4.79 Å². The molecule has 0 aliphatic rings. The molecular weight excluding hydrogens is 158 g/mol. The first kappa shape index (κ1) is 11.4. The smallest absolute Gasteiger partial charge is 0.322 e. The molecule has 4 nitrogen and oxygen atoms in total. The van der Waals surface area contributed by atoms with Gasteiger partial charge in [0.2, 0.25) is 0 Å². The van der Waals surface area contributed by atoms with Crippen LogP contribution in [0.1, 0.15) is 20.3 Å². The van der Waals surface area contributed by atoms with Crippen LogP contribution in [0, 0.1) is 0 Å². The number of rotatable bonds is 6. The monoisotopic (exact) mass is 175 g/mol. The molecule has 0 rings (SSSR count). The first-order chi connectivity index (χ1) is 5.68. The molecule has 12 heavy (non-hydrogen) atoms. The van der Waals surface area contributed by atoms with Crippen molar-refractivity contribution < 1.29 is 14.3 Å². The van der Waals surface area contributed by atoms with Crippen LogP contribution in [0.3, 0.4) is 0 Å². The van der Waals surface area contributed by atoms with Gasteiger partial charge in [0.25, 0.3) is 0 Å². The van der Waals surface area contributed by atoms with Crippen LogP contribution in [0.5, 0.6) is 0 Å². The molecule has 0 amide bonds. The van der Waals surface area contributed by atoms with Gasteiger partial charge in [0.15, 0.2) is 0 Å². The summed E-state index contributed by atoms with van der Waals surface area (Å²) in [4.78, 5) is 10.8. The van der Waals surface area contributed by atoms with E-state index < -0.39 is 6.04 Å². The predicted molar refractivity (Wildman–Crippen MR) is 45.7 cm³/mol. The molecule has 0 aromatic carbocycles. The number of carbonyl (C=O) groups excluding carboxylic acids is 1. The van der Waals surface area contributed by atoms with Crippen LogP contribution in [-0.2, 0) is 14.3 Å². The Labute approximate surface area is 73.0 Å². The minimum atomic E-state index is -0.545. The van der Waals surface area contributed by atoms with E-state index in [1.165, 1.54) is 0 Å². The highest BCUT2D eigenvalue weighted by atomic mass is 16.6. The van der Waals surface area contributed by atoms with E-state index in [1.807, 2.05) is 6.92 Å². The normalized spacial score (nSPS) is 12.6. The van der Waals surface area contributed by atoms with Gasteiger partial charge in [0, 0.05) is 6.61 Å². The second-order valence-electron chi connectivity index (χ2n) is 2.57. The molecule has 0 aliphatic carbocycles. The third kappa shape index (κ3) is 6.12. The summed E-state index contributed by atoms with van der Waals surface area (Å²) in [6, 6.07) is -0.545. The van der Waals surface area contributed by atoms with E-state index in [-0.39, 0.29) is 5.97 Å². The van der Waals surface area contributed by atoms with Crippen molar-refractivity contribution in [3.8, 4) is 0 Å². The fourth-order valence-electron chi connectivity index (χ4n) is 0.579. The molecule has 4 heteroatoms. The Morgan fingerprint density at radius 2 is 2.08 bits per heavy atom. The standard InChI is InChI=1S/C8H17NO3/c1-3-4-11-5-6-12-8(10)7(2)9/h7H,3-6,9H2,1-2H3/t7-/m0/s1. The largest absolute Gasteiger partial charge is 0.462 e. The third-order valence-electron chi connectivity index (χ3n) is 1.19. The van der Waals surface area contributed by atoms with Crippen molar-refractivity contribution in [2.75, 3.05) is 19.8 Å². The summed E-state index contributed by atoms with van der Waals surface area (Å²) in [6.07, 6.45) is 0.973. The summed E-state index contributed by atoms with van der Waals surface area (Å²) >= 11 is 0. The number of nitrogens with two attached hydrogens (primary N) is 1. The van der Waals surface area contributed by atoms with E-state index in [2.05, 4.69) is 0 Å². The molecule has 0 unspecified atom stereocenters. The lowest BCUT2D eigenvalue weighted by Crippen LogP contribution is -2.29. The van der Waals surface area contributed by atoms with Crippen LogP contribution < -0.4 is 5.73 Å². The van der Waals surface area contributed by atoms with Gasteiger partial charge >= 0.3 is 5.97 Å². The maximum Gasteiger partial charge on any atom is 0.322 e. The quantitative estimate of drug-likeness (QED) is 0.466. The zero-order valence-corrected chi connectivity index (χ0v) is 7.71. The van der Waals surface area contributed by atoms with Gasteiger partial charge in [-0.25, -0.2) is 0 Å². The fourth-order valence-corrected chi connectivity index (χ4v) is 0.579.